The number of hydrogen-bond donors (Lipinski definition) is 1. The lowest BCUT2D eigenvalue weighted by atomic mass is 9.97. The maximum absolute atomic E-state index is 6.09. The predicted octanol–water partition coefficient (Wildman–Crippen LogP) is 2.93. The quantitative estimate of drug-likeness (QED) is 0.832. The van der Waals surface area contributed by atoms with Gasteiger partial charge in [-0.05, 0) is 29.3 Å². The summed E-state index contributed by atoms with van der Waals surface area (Å²) in [4.78, 5) is 2.12. The van der Waals surface area contributed by atoms with E-state index >= 15 is 0 Å². The highest BCUT2D eigenvalue weighted by atomic mass is 15.1. The van der Waals surface area contributed by atoms with Gasteiger partial charge in [0.1, 0.15) is 0 Å². The molecule has 2 N–H and O–H groups in total. The first-order valence-corrected chi connectivity index (χ1v) is 5.56. The molecule has 2 aromatic rings. The maximum Gasteiger partial charge on any atom is 0.0415 e. The summed E-state index contributed by atoms with van der Waals surface area (Å²) in [5, 5.41) is 2.50. The molecule has 0 spiro atoms. The van der Waals surface area contributed by atoms with E-state index in [1.54, 1.807) is 0 Å². The summed E-state index contributed by atoms with van der Waals surface area (Å²) < 4.78 is 0. The van der Waals surface area contributed by atoms with Crippen molar-refractivity contribution in [3.05, 3.63) is 42.0 Å². The van der Waals surface area contributed by atoms with Gasteiger partial charge in [-0.2, -0.15) is 0 Å². The van der Waals surface area contributed by atoms with Crippen molar-refractivity contribution in [1.29, 1.82) is 0 Å². The van der Waals surface area contributed by atoms with E-state index < -0.39 is 0 Å². The van der Waals surface area contributed by atoms with Gasteiger partial charge in [-0.1, -0.05) is 30.3 Å². The molecular formula is C14H18N2. The molecule has 0 radical (unpaired) electrons. The Hall–Kier alpha value is -1.54. The van der Waals surface area contributed by atoms with Crippen LogP contribution in [0.3, 0.4) is 0 Å². The third kappa shape index (κ3) is 1.76. The van der Waals surface area contributed by atoms with Crippen molar-refractivity contribution in [2.24, 2.45) is 5.73 Å². The van der Waals surface area contributed by atoms with Gasteiger partial charge < -0.3 is 10.6 Å². The second-order valence-electron chi connectivity index (χ2n) is 4.40. The Balaban J connectivity index is 2.79. The van der Waals surface area contributed by atoms with E-state index in [-0.39, 0.29) is 6.04 Å². The molecule has 2 heteroatoms. The molecule has 0 heterocycles. The molecule has 0 aromatic heterocycles. The average Bonchev–Trinajstić information content (AvgIpc) is 2.27. The minimum atomic E-state index is 0.0449. The van der Waals surface area contributed by atoms with Crippen molar-refractivity contribution in [3.8, 4) is 0 Å². The van der Waals surface area contributed by atoms with Gasteiger partial charge in [-0.25, -0.2) is 0 Å². The number of rotatable bonds is 2. The molecular weight excluding hydrogens is 196 g/mol. The Bertz CT molecular complexity index is 501. The Morgan fingerprint density at radius 3 is 2.38 bits per heavy atom. The van der Waals surface area contributed by atoms with Gasteiger partial charge in [0.15, 0.2) is 0 Å². The minimum Gasteiger partial charge on any atom is -0.377 e. The van der Waals surface area contributed by atoms with Crippen LogP contribution in [-0.4, -0.2) is 14.1 Å². The molecule has 0 saturated heterocycles. The summed E-state index contributed by atoms with van der Waals surface area (Å²) in [5.74, 6) is 0. The van der Waals surface area contributed by atoms with Gasteiger partial charge in [0.25, 0.3) is 0 Å². The summed E-state index contributed by atoms with van der Waals surface area (Å²) in [6.07, 6.45) is 0. The van der Waals surface area contributed by atoms with E-state index in [0.29, 0.717) is 0 Å². The lowest BCUT2D eigenvalue weighted by Gasteiger charge is -2.21. The molecule has 16 heavy (non-hydrogen) atoms. The van der Waals surface area contributed by atoms with Crippen LogP contribution in [0.15, 0.2) is 36.4 Å². The largest absolute Gasteiger partial charge is 0.377 e. The molecule has 1 unspecified atom stereocenters. The molecule has 2 rings (SSSR count). The fraction of sp³-hybridized carbons (Fsp3) is 0.286. The number of nitrogens with zero attached hydrogens (tertiary/aromatic N) is 1. The smallest absolute Gasteiger partial charge is 0.0415 e. The van der Waals surface area contributed by atoms with Crippen LogP contribution in [-0.2, 0) is 0 Å². The summed E-state index contributed by atoms with van der Waals surface area (Å²) in [5.41, 5.74) is 8.52. The molecule has 2 aromatic carbocycles. The van der Waals surface area contributed by atoms with Crippen molar-refractivity contribution in [3.63, 3.8) is 0 Å². The molecule has 0 bridgehead atoms. The third-order valence-electron chi connectivity index (χ3n) is 2.88. The third-order valence-corrected chi connectivity index (χ3v) is 2.88. The van der Waals surface area contributed by atoms with E-state index in [0.717, 1.165) is 0 Å². The van der Waals surface area contributed by atoms with Crippen LogP contribution >= 0.6 is 0 Å². The highest BCUT2D eigenvalue weighted by Crippen LogP contribution is 2.31. The lowest BCUT2D eigenvalue weighted by Crippen LogP contribution is -2.15. The molecule has 84 valence electrons. The second-order valence-corrected chi connectivity index (χ2v) is 4.40. The van der Waals surface area contributed by atoms with E-state index in [1.807, 2.05) is 6.92 Å². The van der Waals surface area contributed by atoms with Gasteiger partial charge in [0.2, 0.25) is 0 Å². The number of fused-ring (bicyclic) bond motifs is 1. The summed E-state index contributed by atoms with van der Waals surface area (Å²) in [6.45, 7) is 2.04. The highest BCUT2D eigenvalue weighted by molar-refractivity contribution is 5.90. The first-order chi connectivity index (χ1) is 7.61. The number of hydrogen-bond acceptors (Lipinski definition) is 2. The zero-order valence-electron chi connectivity index (χ0n) is 10.1. The summed E-state index contributed by atoms with van der Waals surface area (Å²) in [7, 11) is 4.10. The van der Waals surface area contributed by atoms with Crippen molar-refractivity contribution >= 4 is 16.5 Å². The average molecular weight is 214 g/mol. The molecule has 1 atom stereocenters. The Morgan fingerprint density at radius 1 is 1.06 bits per heavy atom. The van der Waals surface area contributed by atoms with Crippen molar-refractivity contribution < 1.29 is 0 Å². The minimum absolute atomic E-state index is 0.0449. The summed E-state index contributed by atoms with van der Waals surface area (Å²) >= 11 is 0. The van der Waals surface area contributed by atoms with E-state index in [2.05, 4.69) is 55.4 Å². The SMILES string of the molecule is CC(N)c1c(N(C)C)ccc2ccccc12. The van der Waals surface area contributed by atoms with Crippen LogP contribution in [0, 0.1) is 0 Å². The first kappa shape index (κ1) is 11.0. The van der Waals surface area contributed by atoms with Crippen LogP contribution in [0.1, 0.15) is 18.5 Å². The monoisotopic (exact) mass is 214 g/mol. The Labute approximate surface area is 96.7 Å². The van der Waals surface area contributed by atoms with Crippen molar-refractivity contribution in [2.45, 2.75) is 13.0 Å². The van der Waals surface area contributed by atoms with Gasteiger partial charge in [-0.3, -0.25) is 0 Å². The number of benzene rings is 2. The molecule has 0 aliphatic carbocycles. The van der Waals surface area contributed by atoms with Crippen LogP contribution in [0.4, 0.5) is 5.69 Å². The van der Waals surface area contributed by atoms with E-state index in [4.69, 9.17) is 5.73 Å². The van der Waals surface area contributed by atoms with Gasteiger partial charge in [0, 0.05) is 25.8 Å². The zero-order chi connectivity index (χ0) is 11.7. The molecule has 0 aliphatic rings. The van der Waals surface area contributed by atoms with Crippen molar-refractivity contribution in [1.82, 2.24) is 0 Å². The first-order valence-electron chi connectivity index (χ1n) is 5.56. The Morgan fingerprint density at radius 2 is 1.75 bits per heavy atom. The van der Waals surface area contributed by atoms with Gasteiger partial charge in [0.05, 0.1) is 0 Å². The molecule has 2 nitrogen and oxygen atoms in total. The van der Waals surface area contributed by atoms with Crippen LogP contribution < -0.4 is 10.6 Å². The fourth-order valence-corrected chi connectivity index (χ4v) is 2.15. The predicted molar refractivity (Wildman–Crippen MR) is 70.9 cm³/mol. The topological polar surface area (TPSA) is 29.3 Å². The number of anilines is 1. The van der Waals surface area contributed by atoms with Gasteiger partial charge in [-0.15, -0.1) is 0 Å². The molecule has 0 saturated carbocycles. The molecule has 0 amide bonds. The van der Waals surface area contributed by atoms with E-state index in [1.165, 1.54) is 22.0 Å². The maximum atomic E-state index is 6.09. The van der Waals surface area contributed by atoms with Crippen LogP contribution in [0.5, 0.6) is 0 Å². The number of nitrogens with two attached hydrogens (primary N) is 1. The van der Waals surface area contributed by atoms with Crippen molar-refractivity contribution in [2.75, 3.05) is 19.0 Å². The Kier molecular flexibility index (Phi) is 2.84. The summed E-state index contributed by atoms with van der Waals surface area (Å²) in [6, 6.07) is 12.7. The van der Waals surface area contributed by atoms with E-state index in [9.17, 15) is 0 Å². The molecule has 0 fully saturated rings. The normalized spacial score (nSPS) is 12.8. The lowest BCUT2D eigenvalue weighted by molar-refractivity contribution is 0.821. The second kappa shape index (κ2) is 4.14. The standard InChI is InChI=1S/C14H18N2/c1-10(15)14-12-7-5-4-6-11(12)8-9-13(14)16(2)3/h4-10H,15H2,1-3H3. The molecule has 0 aliphatic heterocycles. The van der Waals surface area contributed by atoms with Crippen LogP contribution in [0.25, 0.3) is 10.8 Å². The highest BCUT2D eigenvalue weighted by Gasteiger charge is 2.12. The zero-order valence-corrected chi connectivity index (χ0v) is 10.1. The van der Waals surface area contributed by atoms with Crippen LogP contribution in [0.2, 0.25) is 0 Å². The van der Waals surface area contributed by atoms with Gasteiger partial charge >= 0.3 is 0 Å². The fourth-order valence-electron chi connectivity index (χ4n) is 2.15.